The zero-order valence-electron chi connectivity index (χ0n) is 7.33. The van der Waals surface area contributed by atoms with Crippen LogP contribution in [-0.4, -0.2) is 19.2 Å². The minimum absolute atomic E-state index is 0.00574. The highest BCUT2D eigenvalue weighted by atomic mass is 16.3. The van der Waals surface area contributed by atoms with E-state index in [2.05, 4.69) is 10.6 Å². The molecule has 0 unspecified atom stereocenters. The third kappa shape index (κ3) is 1.75. The van der Waals surface area contributed by atoms with E-state index in [9.17, 15) is 5.11 Å². The molecule has 0 aromatic heterocycles. The van der Waals surface area contributed by atoms with Gasteiger partial charge in [-0.1, -0.05) is 18.2 Å². The number of phenolic OH excluding ortho intramolecular Hbond substituents is 1. The van der Waals surface area contributed by atoms with Crippen LogP contribution in [0.25, 0.3) is 0 Å². The Bertz CT molecular complexity index is 246. The monoisotopic (exact) mass is 166 g/mol. The maximum absolute atomic E-state index is 9.46. The first-order chi connectivity index (χ1) is 5.79. The van der Waals surface area contributed by atoms with Crippen molar-refractivity contribution in [3.8, 4) is 5.75 Å². The van der Waals surface area contributed by atoms with Gasteiger partial charge in [-0.15, -0.1) is 0 Å². The van der Waals surface area contributed by atoms with Crippen LogP contribution in [0.2, 0.25) is 0 Å². The SMILES string of the molecule is CNC(NC)c1ccccc1O. The molecule has 0 fully saturated rings. The van der Waals surface area contributed by atoms with Gasteiger partial charge in [0.15, 0.2) is 0 Å². The Morgan fingerprint density at radius 1 is 1.17 bits per heavy atom. The van der Waals surface area contributed by atoms with Crippen molar-refractivity contribution < 1.29 is 5.11 Å². The van der Waals surface area contributed by atoms with Crippen LogP contribution >= 0.6 is 0 Å². The first-order valence-corrected chi connectivity index (χ1v) is 3.92. The molecule has 0 aliphatic rings. The lowest BCUT2D eigenvalue weighted by atomic mass is 10.1. The van der Waals surface area contributed by atoms with Gasteiger partial charge in [0.25, 0.3) is 0 Å². The van der Waals surface area contributed by atoms with Gasteiger partial charge < -0.3 is 15.7 Å². The molecule has 0 heterocycles. The second kappa shape index (κ2) is 4.09. The number of nitrogens with one attached hydrogen (secondary N) is 2. The Kier molecular flexibility index (Phi) is 3.08. The number of rotatable bonds is 3. The summed E-state index contributed by atoms with van der Waals surface area (Å²) < 4.78 is 0. The Labute approximate surface area is 72.4 Å². The van der Waals surface area contributed by atoms with Crippen LogP contribution in [0, 0.1) is 0 Å². The van der Waals surface area contributed by atoms with Gasteiger partial charge in [0.2, 0.25) is 0 Å². The lowest BCUT2D eigenvalue weighted by Crippen LogP contribution is -2.28. The van der Waals surface area contributed by atoms with Gasteiger partial charge in [0.05, 0.1) is 6.17 Å². The van der Waals surface area contributed by atoms with Gasteiger partial charge in [0.1, 0.15) is 5.75 Å². The highest BCUT2D eigenvalue weighted by molar-refractivity contribution is 5.33. The number of para-hydroxylation sites is 1. The van der Waals surface area contributed by atoms with Gasteiger partial charge in [-0.05, 0) is 20.2 Å². The summed E-state index contributed by atoms with van der Waals surface area (Å²) in [5.74, 6) is 0.311. The average Bonchev–Trinajstić information content (AvgIpc) is 2.10. The lowest BCUT2D eigenvalue weighted by Gasteiger charge is -2.16. The molecule has 0 aliphatic heterocycles. The van der Waals surface area contributed by atoms with Crippen LogP contribution in [0.3, 0.4) is 0 Å². The van der Waals surface area contributed by atoms with Crippen molar-refractivity contribution in [3.63, 3.8) is 0 Å². The van der Waals surface area contributed by atoms with E-state index in [1.165, 1.54) is 0 Å². The number of hydrogen-bond acceptors (Lipinski definition) is 3. The van der Waals surface area contributed by atoms with Crippen LogP contribution < -0.4 is 10.6 Å². The van der Waals surface area contributed by atoms with Gasteiger partial charge in [-0.2, -0.15) is 0 Å². The van der Waals surface area contributed by atoms with Gasteiger partial charge >= 0.3 is 0 Å². The van der Waals surface area contributed by atoms with E-state index in [-0.39, 0.29) is 6.17 Å². The van der Waals surface area contributed by atoms with Crippen LogP contribution in [0.1, 0.15) is 11.7 Å². The van der Waals surface area contributed by atoms with Crippen molar-refractivity contribution in [1.29, 1.82) is 0 Å². The Morgan fingerprint density at radius 2 is 1.75 bits per heavy atom. The zero-order valence-corrected chi connectivity index (χ0v) is 7.33. The molecule has 1 rings (SSSR count). The fraction of sp³-hybridized carbons (Fsp3) is 0.333. The minimum Gasteiger partial charge on any atom is -0.508 e. The zero-order chi connectivity index (χ0) is 8.97. The molecule has 0 atom stereocenters. The topological polar surface area (TPSA) is 44.3 Å². The maximum atomic E-state index is 9.46. The third-order valence-electron chi connectivity index (χ3n) is 1.83. The molecule has 12 heavy (non-hydrogen) atoms. The number of benzene rings is 1. The number of hydrogen-bond donors (Lipinski definition) is 3. The largest absolute Gasteiger partial charge is 0.508 e. The van der Waals surface area contributed by atoms with Crippen LogP contribution in [-0.2, 0) is 0 Å². The fourth-order valence-electron chi connectivity index (χ4n) is 1.19. The molecule has 0 aliphatic carbocycles. The smallest absolute Gasteiger partial charge is 0.121 e. The Balaban J connectivity index is 2.92. The summed E-state index contributed by atoms with van der Waals surface area (Å²) in [6.45, 7) is 0. The van der Waals surface area contributed by atoms with Crippen molar-refractivity contribution in [2.24, 2.45) is 0 Å². The Morgan fingerprint density at radius 3 is 2.25 bits per heavy atom. The predicted octanol–water partition coefficient (Wildman–Crippen LogP) is 0.830. The first kappa shape index (κ1) is 9.03. The van der Waals surface area contributed by atoms with Crippen molar-refractivity contribution in [2.75, 3.05) is 14.1 Å². The molecule has 0 spiro atoms. The summed E-state index contributed by atoms with van der Waals surface area (Å²) in [5.41, 5.74) is 0.863. The molecule has 0 radical (unpaired) electrons. The predicted molar refractivity (Wildman–Crippen MR) is 49.0 cm³/mol. The lowest BCUT2D eigenvalue weighted by molar-refractivity contribution is 0.439. The van der Waals surface area contributed by atoms with E-state index < -0.39 is 0 Å². The van der Waals surface area contributed by atoms with Crippen molar-refractivity contribution in [2.45, 2.75) is 6.17 Å². The van der Waals surface area contributed by atoms with Crippen molar-refractivity contribution in [1.82, 2.24) is 10.6 Å². The summed E-state index contributed by atoms with van der Waals surface area (Å²) in [6.07, 6.45) is 0.00574. The van der Waals surface area contributed by atoms with E-state index in [0.29, 0.717) is 5.75 Å². The van der Waals surface area contributed by atoms with Crippen molar-refractivity contribution >= 4 is 0 Å². The molecular formula is C9H14N2O. The molecule has 3 N–H and O–H groups in total. The normalized spacial score (nSPS) is 10.6. The summed E-state index contributed by atoms with van der Waals surface area (Å²) in [7, 11) is 3.68. The Hall–Kier alpha value is -1.06. The standard InChI is InChI=1S/C9H14N2O/c1-10-9(11-2)7-5-3-4-6-8(7)12/h3-6,9-12H,1-2H3. The number of aromatic hydroxyl groups is 1. The fourth-order valence-corrected chi connectivity index (χ4v) is 1.19. The van der Waals surface area contributed by atoms with Gasteiger partial charge in [0, 0.05) is 5.56 Å². The van der Waals surface area contributed by atoms with Gasteiger partial charge in [-0.25, -0.2) is 0 Å². The maximum Gasteiger partial charge on any atom is 0.121 e. The summed E-state index contributed by atoms with van der Waals surface area (Å²) >= 11 is 0. The van der Waals surface area contributed by atoms with E-state index in [1.54, 1.807) is 12.1 Å². The van der Waals surface area contributed by atoms with E-state index in [4.69, 9.17) is 0 Å². The third-order valence-corrected chi connectivity index (χ3v) is 1.83. The van der Waals surface area contributed by atoms with E-state index >= 15 is 0 Å². The summed E-state index contributed by atoms with van der Waals surface area (Å²) in [4.78, 5) is 0. The second-order valence-corrected chi connectivity index (χ2v) is 2.57. The second-order valence-electron chi connectivity index (χ2n) is 2.57. The first-order valence-electron chi connectivity index (χ1n) is 3.92. The molecule has 0 saturated heterocycles. The van der Waals surface area contributed by atoms with Crippen LogP contribution in [0.4, 0.5) is 0 Å². The molecule has 0 amide bonds. The van der Waals surface area contributed by atoms with Crippen LogP contribution in [0.5, 0.6) is 5.75 Å². The highest BCUT2D eigenvalue weighted by Gasteiger charge is 2.08. The summed E-state index contributed by atoms with van der Waals surface area (Å²) in [5, 5.41) is 15.5. The molecule has 0 saturated carbocycles. The minimum atomic E-state index is 0.00574. The molecule has 0 bridgehead atoms. The van der Waals surface area contributed by atoms with E-state index in [1.807, 2.05) is 26.2 Å². The summed E-state index contributed by atoms with van der Waals surface area (Å²) in [6, 6.07) is 7.27. The molecule has 66 valence electrons. The van der Waals surface area contributed by atoms with Crippen molar-refractivity contribution in [3.05, 3.63) is 29.8 Å². The molecule has 3 nitrogen and oxygen atoms in total. The average molecular weight is 166 g/mol. The van der Waals surface area contributed by atoms with Crippen LogP contribution in [0.15, 0.2) is 24.3 Å². The highest BCUT2D eigenvalue weighted by Crippen LogP contribution is 2.20. The number of phenols is 1. The molecule has 1 aromatic carbocycles. The molecular weight excluding hydrogens is 152 g/mol. The molecule has 3 heteroatoms. The molecule has 1 aromatic rings. The quantitative estimate of drug-likeness (QED) is 0.583. The van der Waals surface area contributed by atoms with E-state index in [0.717, 1.165) is 5.56 Å². The van der Waals surface area contributed by atoms with Gasteiger partial charge in [-0.3, -0.25) is 0 Å².